The van der Waals surface area contributed by atoms with Crippen LogP contribution in [0.3, 0.4) is 0 Å². The number of benzene rings is 2. The molecular formula is C27H34FNO5. The van der Waals surface area contributed by atoms with E-state index in [1.54, 1.807) is 6.07 Å². The number of piperidine rings is 1. The number of carboxylic acid groups (broad SMARTS) is 1. The minimum absolute atomic E-state index is 0.113. The number of rotatable bonds is 7. The predicted octanol–water partition coefficient (Wildman–Crippen LogP) is 5.28. The Morgan fingerprint density at radius 1 is 1.09 bits per heavy atom. The lowest BCUT2D eigenvalue weighted by atomic mass is 9.89. The van der Waals surface area contributed by atoms with E-state index in [9.17, 15) is 19.1 Å². The Balaban J connectivity index is 1.56. The van der Waals surface area contributed by atoms with Crippen molar-refractivity contribution in [3.63, 3.8) is 0 Å². The summed E-state index contributed by atoms with van der Waals surface area (Å²) in [5.74, 6) is -0.0686. The summed E-state index contributed by atoms with van der Waals surface area (Å²) in [6.07, 6.45) is 5.46. The zero-order chi connectivity index (χ0) is 24.2. The van der Waals surface area contributed by atoms with Crippen LogP contribution in [-0.2, 0) is 21.0 Å². The number of nitrogens with zero attached hydrogens (tertiary/aromatic N) is 1. The van der Waals surface area contributed by atoms with Crippen molar-refractivity contribution in [2.24, 2.45) is 11.8 Å². The molecular weight excluding hydrogens is 437 g/mol. The van der Waals surface area contributed by atoms with Crippen molar-refractivity contribution in [1.29, 1.82) is 0 Å². The van der Waals surface area contributed by atoms with Gasteiger partial charge in [0.15, 0.2) is 0 Å². The number of esters is 1. The molecule has 1 aliphatic heterocycles. The van der Waals surface area contributed by atoms with E-state index in [-0.39, 0.29) is 18.0 Å². The number of carbonyl (C=O) groups excluding carboxylic acids is 1. The molecule has 2 fully saturated rings. The molecule has 0 bridgehead atoms. The van der Waals surface area contributed by atoms with E-state index in [1.807, 2.05) is 29.2 Å². The molecule has 1 aliphatic carbocycles. The number of carboxylic acids is 1. The number of hydrogen-bond donors (Lipinski definition) is 1. The van der Waals surface area contributed by atoms with Gasteiger partial charge in [-0.25, -0.2) is 4.39 Å². The van der Waals surface area contributed by atoms with Crippen molar-refractivity contribution in [1.82, 2.24) is 4.90 Å². The van der Waals surface area contributed by atoms with Gasteiger partial charge in [0.2, 0.25) is 0 Å². The molecule has 0 spiro atoms. The summed E-state index contributed by atoms with van der Waals surface area (Å²) in [5, 5.41) is 11.6. The molecule has 1 unspecified atom stereocenters. The van der Waals surface area contributed by atoms with Crippen LogP contribution in [-0.4, -0.2) is 48.2 Å². The third-order valence-corrected chi connectivity index (χ3v) is 7.48. The number of carbonyl (C=O) groups is 2. The molecule has 2 aromatic carbocycles. The molecule has 7 heteroatoms. The normalized spacial score (nSPS) is 22.9. The number of aliphatic carboxylic acids is 1. The number of halogens is 1. The number of ether oxygens (including phenoxy) is 2. The monoisotopic (exact) mass is 471 g/mol. The Labute approximate surface area is 200 Å². The number of methoxy groups -OCH3 is 1. The van der Waals surface area contributed by atoms with Crippen LogP contribution in [0.5, 0.6) is 5.75 Å². The number of hydrogen-bond acceptors (Lipinski definition) is 5. The van der Waals surface area contributed by atoms with E-state index >= 15 is 0 Å². The molecule has 1 saturated heterocycles. The van der Waals surface area contributed by atoms with Gasteiger partial charge in [0.1, 0.15) is 18.5 Å². The van der Waals surface area contributed by atoms with Gasteiger partial charge >= 0.3 is 11.9 Å². The van der Waals surface area contributed by atoms with Gasteiger partial charge in [0.05, 0.1) is 19.1 Å². The minimum atomic E-state index is -0.937. The summed E-state index contributed by atoms with van der Waals surface area (Å²) in [4.78, 5) is 25.9. The van der Waals surface area contributed by atoms with Gasteiger partial charge < -0.3 is 14.6 Å². The fourth-order valence-corrected chi connectivity index (χ4v) is 5.41. The summed E-state index contributed by atoms with van der Waals surface area (Å²) < 4.78 is 25.2. The van der Waals surface area contributed by atoms with Crippen LogP contribution in [0.1, 0.15) is 62.6 Å². The Hall–Kier alpha value is -2.67. The molecule has 1 saturated carbocycles. The lowest BCUT2D eigenvalue weighted by Crippen LogP contribution is -2.41. The fraction of sp³-hybridized carbons (Fsp3) is 0.556. The molecule has 0 radical (unpaired) electrons. The Kier molecular flexibility index (Phi) is 7.71. The smallest absolute Gasteiger partial charge is 0.325 e. The highest BCUT2D eigenvalue weighted by atomic mass is 19.1. The standard InChI is InChI=1S/C27H34FNO5/c1-17-3-7-21(8-4-17)34-24-10-6-19-15-20(5-9-22(19)23(24)16-28)25(26(30)31)29-13-11-18(12-14-29)27(32)33-2/h5-6,9-10,15,17-18,21,25H,3-4,7-8,11-14,16H2,1-2H3,(H,30,31). The molecule has 6 nitrogen and oxygen atoms in total. The second-order valence-electron chi connectivity index (χ2n) is 9.73. The van der Waals surface area contributed by atoms with E-state index in [1.165, 1.54) is 7.11 Å². The first-order chi connectivity index (χ1) is 16.4. The molecule has 2 aromatic rings. The zero-order valence-corrected chi connectivity index (χ0v) is 20.0. The van der Waals surface area contributed by atoms with E-state index in [0.29, 0.717) is 48.7 Å². The van der Waals surface area contributed by atoms with Crippen molar-refractivity contribution < 1.29 is 28.6 Å². The quantitative estimate of drug-likeness (QED) is 0.554. The highest BCUT2D eigenvalue weighted by molar-refractivity contribution is 5.89. The van der Waals surface area contributed by atoms with Crippen molar-refractivity contribution in [2.75, 3.05) is 20.2 Å². The Morgan fingerprint density at radius 3 is 2.41 bits per heavy atom. The van der Waals surface area contributed by atoms with E-state index in [4.69, 9.17) is 9.47 Å². The van der Waals surface area contributed by atoms with Crippen molar-refractivity contribution in [3.8, 4) is 5.75 Å². The van der Waals surface area contributed by atoms with Gasteiger partial charge in [-0.3, -0.25) is 14.5 Å². The molecule has 34 heavy (non-hydrogen) atoms. The summed E-state index contributed by atoms with van der Waals surface area (Å²) in [6.45, 7) is 2.61. The molecule has 0 aromatic heterocycles. The second kappa shape index (κ2) is 10.7. The molecule has 0 amide bonds. The van der Waals surface area contributed by atoms with Crippen molar-refractivity contribution in [2.45, 2.75) is 64.3 Å². The van der Waals surface area contributed by atoms with Crippen molar-refractivity contribution in [3.05, 3.63) is 41.5 Å². The SMILES string of the molecule is COC(=O)C1CCN(C(C(=O)O)c2ccc3c(CF)c(OC4CCC(C)CC4)ccc3c2)CC1. The largest absolute Gasteiger partial charge is 0.490 e. The number of fused-ring (bicyclic) bond motifs is 1. The first kappa shape index (κ1) is 24.5. The van der Waals surface area contributed by atoms with Gasteiger partial charge in [0.25, 0.3) is 0 Å². The zero-order valence-electron chi connectivity index (χ0n) is 20.0. The van der Waals surface area contributed by atoms with Crippen LogP contribution in [0, 0.1) is 11.8 Å². The van der Waals surface area contributed by atoms with Crippen LogP contribution in [0.15, 0.2) is 30.3 Å². The van der Waals surface area contributed by atoms with E-state index < -0.39 is 18.7 Å². The van der Waals surface area contributed by atoms with Crippen LogP contribution in [0.25, 0.3) is 10.8 Å². The lowest BCUT2D eigenvalue weighted by molar-refractivity contribution is -0.148. The fourth-order valence-electron chi connectivity index (χ4n) is 5.41. The van der Waals surface area contributed by atoms with Crippen LogP contribution in [0.4, 0.5) is 4.39 Å². The second-order valence-corrected chi connectivity index (χ2v) is 9.73. The summed E-state index contributed by atoms with van der Waals surface area (Å²) >= 11 is 0. The summed E-state index contributed by atoms with van der Waals surface area (Å²) in [6, 6.07) is 8.31. The van der Waals surface area contributed by atoms with Crippen LogP contribution >= 0.6 is 0 Å². The highest BCUT2D eigenvalue weighted by Crippen LogP contribution is 2.35. The maximum atomic E-state index is 14.1. The van der Waals surface area contributed by atoms with Crippen LogP contribution in [0.2, 0.25) is 0 Å². The van der Waals surface area contributed by atoms with Gasteiger partial charge in [-0.1, -0.05) is 25.1 Å². The third-order valence-electron chi connectivity index (χ3n) is 7.48. The maximum absolute atomic E-state index is 14.1. The number of alkyl halides is 1. The van der Waals surface area contributed by atoms with E-state index in [0.717, 1.165) is 36.5 Å². The molecule has 2 aliphatic rings. The highest BCUT2D eigenvalue weighted by Gasteiger charge is 2.33. The first-order valence-corrected chi connectivity index (χ1v) is 12.2. The predicted molar refractivity (Wildman–Crippen MR) is 127 cm³/mol. The Morgan fingerprint density at radius 2 is 1.79 bits per heavy atom. The van der Waals surface area contributed by atoms with Crippen LogP contribution < -0.4 is 4.74 Å². The van der Waals surface area contributed by atoms with Gasteiger partial charge in [0, 0.05) is 18.7 Å². The topological polar surface area (TPSA) is 76.1 Å². The molecule has 1 heterocycles. The summed E-state index contributed by atoms with van der Waals surface area (Å²) in [7, 11) is 1.38. The third kappa shape index (κ3) is 5.19. The first-order valence-electron chi connectivity index (χ1n) is 12.2. The molecule has 1 atom stereocenters. The van der Waals surface area contributed by atoms with Crippen molar-refractivity contribution >= 4 is 22.7 Å². The molecule has 1 N–H and O–H groups in total. The van der Waals surface area contributed by atoms with E-state index in [2.05, 4.69) is 6.92 Å². The maximum Gasteiger partial charge on any atom is 0.325 e. The molecule has 4 rings (SSSR count). The van der Waals surface area contributed by atoms with Gasteiger partial charge in [-0.05, 0) is 72.9 Å². The average molecular weight is 472 g/mol. The molecule has 184 valence electrons. The summed E-state index contributed by atoms with van der Waals surface area (Å²) in [5.41, 5.74) is 1.17. The minimum Gasteiger partial charge on any atom is -0.490 e. The van der Waals surface area contributed by atoms with Gasteiger partial charge in [-0.15, -0.1) is 0 Å². The van der Waals surface area contributed by atoms with Gasteiger partial charge in [-0.2, -0.15) is 0 Å². The Bertz CT molecular complexity index is 1030. The lowest BCUT2D eigenvalue weighted by Gasteiger charge is -2.35. The number of likely N-dealkylation sites (tertiary alicyclic amines) is 1. The average Bonchev–Trinajstić information content (AvgIpc) is 2.85.